The zero-order valence-electron chi connectivity index (χ0n) is 8.53. The average Bonchev–Trinajstić information content (AvgIpc) is 2.19. The molecule has 0 aromatic rings. The quantitative estimate of drug-likeness (QED) is 0.634. The second-order valence-electron chi connectivity index (χ2n) is 3.55. The van der Waals surface area contributed by atoms with Crippen molar-refractivity contribution in [3.63, 3.8) is 0 Å². The fourth-order valence-electron chi connectivity index (χ4n) is 1.49. The van der Waals surface area contributed by atoms with Gasteiger partial charge in [0.25, 0.3) is 0 Å². The van der Waals surface area contributed by atoms with Crippen LogP contribution in [0.4, 0.5) is 0 Å². The van der Waals surface area contributed by atoms with Gasteiger partial charge in [-0.3, -0.25) is 4.79 Å². The first-order valence-corrected chi connectivity index (χ1v) is 4.94. The van der Waals surface area contributed by atoms with Crippen LogP contribution in [0.15, 0.2) is 12.2 Å². The van der Waals surface area contributed by atoms with Crippen molar-refractivity contribution in [2.75, 3.05) is 13.7 Å². The third-order valence-corrected chi connectivity index (χ3v) is 2.30. The van der Waals surface area contributed by atoms with Crippen LogP contribution >= 0.6 is 0 Å². The highest BCUT2D eigenvalue weighted by Gasteiger charge is 2.17. The molecule has 4 heteroatoms. The minimum Gasteiger partial charge on any atom is -0.383 e. The van der Waals surface area contributed by atoms with Crippen LogP contribution in [0.25, 0.3) is 0 Å². The summed E-state index contributed by atoms with van der Waals surface area (Å²) in [7, 11) is 1.54. The second-order valence-corrected chi connectivity index (χ2v) is 3.55. The van der Waals surface area contributed by atoms with Gasteiger partial charge in [0, 0.05) is 13.2 Å². The zero-order valence-corrected chi connectivity index (χ0v) is 8.53. The van der Waals surface area contributed by atoms with E-state index in [1.165, 1.54) is 7.11 Å². The summed E-state index contributed by atoms with van der Waals surface area (Å²) in [6.45, 7) is 0.272. The van der Waals surface area contributed by atoms with Crippen molar-refractivity contribution in [1.82, 2.24) is 5.32 Å². The van der Waals surface area contributed by atoms with Crippen molar-refractivity contribution in [1.29, 1.82) is 0 Å². The molecule has 0 bridgehead atoms. The fraction of sp³-hybridized carbons (Fsp3) is 0.700. The van der Waals surface area contributed by atoms with Crippen molar-refractivity contribution < 1.29 is 9.53 Å². The summed E-state index contributed by atoms with van der Waals surface area (Å²) >= 11 is 0. The van der Waals surface area contributed by atoms with Gasteiger partial charge in [0.05, 0.1) is 6.61 Å². The van der Waals surface area contributed by atoms with Crippen LogP contribution in [0.3, 0.4) is 0 Å². The van der Waals surface area contributed by atoms with Gasteiger partial charge >= 0.3 is 0 Å². The second kappa shape index (κ2) is 5.78. The molecule has 1 rings (SSSR count). The van der Waals surface area contributed by atoms with Gasteiger partial charge in [-0.25, -0.2) is 0 Å². The van der Waals surface area contributed by atoms with Crippen molar-refractivity contribution in [2.24, 2.45) is 5.73 Å². The molecule has 1 aliphatic rings. The standard InChI is InChI=1S/C10H18N2O2/c1-14-7-9(11)10(13)12-8-5-3-2-4-6-8/h2-3,8-9H,4-7,11H2,1H3,(H,12,13). The number of allylic oxidation sites excluding steroid dienone is 1. The van der Waals surface area contributed by atoms with Crippen molar-refractivity contribution in [2.45, 2.75) is 31.3 Å². The number of amides is 1. The highest BCUT2D eigenvalue weighted by molar-refractivity contribution is 5.81. The molecule has 0 saturated carbocycles. The molecule has 2 atom stereocenters. The molecule has 0 spiro atoms. The van der Waals surface area contributed by atoms with E-state index in [2.05, 4.69) is 17.5 Å². The maximum Gasteiger partial charge on any atom is 0.239 e. The van der Waals surface area contributed by atoms with Gasteiger partial charge in [0.2, 0.25) is 5.91 Å². The SMILES string of the molecule is COCC(N)C(=O)NC1CC=CCC1. The van der Waals surface area contributed by atoms with Crippen LogP contribution in [0.5, 0.6) is 0 Å². The predicted molar refractivity (Wildman–Crippen MR) is 54.8 cm³/mol. The van der Waals surface area contributed by atoms with Crippen LogP contribution in [0, 0.1) is 0 Å². The average molecular weight is 198 g/mol. The molecule has 0 fully saturated rings. The minimum atomic E-state index is -0.550. The smallest absolute Gasteiger partial charge is 0.239 e. The number of rotatable bonds is 4. The van der Waals surface area contributed by atoms with Gasteiger partial charge in [-0.1, -0.05) is 12.2 Å². The van der Waals surface area contributed by atoms with Crippen LogP contribution in [0.2, 0.25) is 0 Å². The van der Waals surface area contributed by atoms with Crippen molar-refractivity contribution in [3.05, 3.63) is 12.2 Å². The van der Waals surface area contributed by atoms with Crippen LogP contribution in [-0.4, -0.2) is 31.7 Å². The number of nitrogens with two attached hydrogens (primary N) is 1. The van der Waals surface area contributed by atoms with Gasteiger partial charge in [-0.2, -0.15) is 0 Å². The monoisotopic (exact) mass is 198 g/mol. The van der Waals surface area contributed by atoms with Crippen LogP contribution < -0.4 is 11.1 Å². The Labute approximate surface area is 84.5 Å². The molecule has 4 nitrogen and oxygen atoms in total. The number of methoxy groups -OCH3 is 1. The number of ether oxygens (including phenoxy) is 1. The first kappa shape index (κ1) is 11.2. The Morgan fingerprint density at radius 2 is 2.50 bits per heavy atom. The molecule has 1 amide bonds. The molecule has 0 aromatic heterocycles. The molecule has 14 heavy (non-hydrogen) atoms. The topological polar surface area (TPSA) is 64.3 Å². The Bertz CT molecular complexity index is 216. The van der Waals surface area contributed by atoms with E-state index in [-0.39, 0.29) is 18.6 Å². The summed E-state index contributed by atoms with van der Waals surface area (Å²) in [6, 6.07) is -0.304. The van der Waals surface area contributed by atoms with Crippen LogP contribution in [0.1, 0.15) is 19.3 Å². The highest BCUT2D eigenvalue weighted by atomic mass is 16.5. The fourth-order valence-corrected chi connectivity index (χ4v) is 1.49. The third kappa shape index (κ3) is 3.47. The molecule has 0 aromatic carbocycles. The molecule has 0 aliphatic heterocycles. The Morgan fingerprint density at radius 1 is 1.71 bits per heavy atom. The highest BCUT2D eigenvalue weighted by Crippen LogP contribution is 2.10. The number of carbonyl (C=O) groups excluding carboxylic acids is 1. The first-order chi connectivity index (χ1) is 6.74. The lowest BCUT2D eigenvalue weighted by atomic mass is 10.0. The summed E-state index contributed by atoms with van der Waals surface area (Å²) in [5, 5.41) is 2.91. The van der Waals surface area contributed by atoms with E-state index < -0.39 is 6.04 Å². The van der Waals surface area contributed by atoms with Crippen molar-refractivity contribution in [3.8, 4) is 0 Å². The number of nitrogens with one attached hydrogen (secondary N) is 1. The number of hydrogen-bond acceptors (Lipinski definition) is 3. The molecule has 1 aliphatic carbocycles. The molecule has 0 radical (unpaired) electrons. The van der Waals surface area contributed by atoms with E-state index in [0.29, 0.717) is 0 Å². The maximum absolute atomic E-state index is 11.5. The van der Waals surface area contributed by atoms with E-state index in [1.807, 2.05) is 0 Å². The summed E-state index contributed by atoms with van der Waals surface area (Å²) in [4.78, 5) is 11.5. The number of hydrogen-bond donors (Lipinski definition) is 2. The van der Waals surface area contributed by atoms with Gasteiger partial charge in [-0.15, -0.1) is 0 Å². The molecule has 80 valence electrons. The summed E-state index contributed by atoms with van der Waals surface area (Å²) < 4.78 is 4.81. The lowest BCUT2D eigenvalue weighted by molar-refractivity contribution is -0.124. The van der Waals surface area contributed by atoms with Gasteiger partial charge in [-0.05, 0) is 19.3 Å². The molecule has 0 saturated heterocycles. The number of carbonyl (C=O) groups is 1. The lowest BCUT2D eigenvalue weighted by Gasteiger charge is -2.21. The normalized spacial score (nSPS) is 23.1. The predicted octanol–water partition coefficient (Wildman–Crippen LogP) is 0.185. The maximum atomic E-state index is 11.5. The minimum absolute atomic E-state index is 0.118. The van der Waals surface area contributed by atoms with Crippen molar-refractivity contribution >= 4 is 5.91 Å². The summed E-state index contributed by atoms with van der Waals surface area (Å²) in [5.74, 6) is -0.118. The van der Waals surface area contributed by atoms with E-state index in [4.69, 9.17) is 10.5 Å². The van der Waals surface area contributed by atoms with Gasteiger partial charge in [0.15, 0.2) is 0 Å². The zero-order chi connectivity index (χ0) is 10.4. The molecule has 0 heterocycles. The molecule has 3 N–H and O–H groups in total. The summed E-state index contributed by atoms with van der Waals surface area (Å²) in [6.07, 6.45) is 7.17. The Morgan fingerprint density at radius 3 is 3.07 bits per heavy atom. The van der Waals surface area contributed by atoms with Crippen LogP contribution in [-0.2, 0) is 9.53 Å². The Balaban J connectivity index is 2.28. The summed E-state index contributed by atoms with van der Waals surface area (Å²) in [5.41, 5.74) is 5.59. The van der Waals surface area contributed by atoms with E-state index in [1.54, 1.807) is 0 Å². The van der Waals surface area contributed by atoms with Gasteiger partial charge in [0.1, 0.15) is 6.04 Å². The first-order valence-electron chi connectivity index (χ1n) is 4.94. The van der Waals surface area contributed by atoms with E-state index in [0.717, 1.165) is 19.3 Å². The third-order valence-electron chi connectivity index (χ3n) is 2.30. The van der Waals surface area contributed by atoms with E-state index >= 15 is 0 Å². The lowest BCUT2D eigenvalue weighted by Crippen LogP contribution is -2.47. The largest absolute Gasteiger partial charge is 0.383 e. The molecular formula is C10H18N2O2. The Hall–Kier alpha value is -0.870. The molecular weight excluding hydrogens is 180 g/mol. The molecule has 2 unspecified atom stereocenters. The van der Waals surface area contributed by atoms with Gasteiger partial charge < -0.3 is 15.8 Å². The Kier molecular flexibility index (Phi) is 4.62. The van der Waals surface area contributed by atoms with E-state index in [9.17, 15) is 4.79 Å².